The number of rotatable bonds is 9. The Hall–Kier alpha value is -0.130. The highest BCUT2D eigenvalue weighted by Gasteiger charge is 2.08. The van der Waals surface area contributed by atoms with Crippen molar-refractivity contribution in [2.24, 2.45) is 5.92 Å². The molecule has 0 fully saturated rings. The highest BCUT2D eigenvalue weighted by atomic mass is 32.2. The third kappa shape index (κ3) is 8.84. The molecule has 1 N–H and O–H groups in total. The van der Waals surface area contributed by atoms with Gasteiger partial charge >= 0.3 is 0 Å². The van der Waals surface area contributed by atoms with Crippen LogP contribution in [0.4, 0.5) is 0 Å². The molecule has 0 aromatic carbocycles. The van der Waals surface area contributed by atoms with Crippen LogP contribution < -0.4 is 5.32 Å². The first-order chi connectivity index (χ1) is 7.24. The van der Waals surface area contributed by atoms with Gasteiger partial charge in [0.05, 0.1) is 5.75 Å². The quantitative estimate of drug-likeness (QED) is 0.480. The lowest BCUT2D eigenvalue weighted by molar-refractivity contribution is 0.392. The summed E-state index contributed by atoms with van der Waals surface area (Å²) in [6.07, 6.45) is 9.00. The van der Waals surface area contributed by atoms with Crippen molar-refractivity contribution >= 4 is 11.8 Å². The Morgan fingerprint density at radius 2 is 2.07 bits per heavy atom. The van der Waals surface area contributed by atoms with Crippen LogP contribution in [0.25, 0.3) is 0 Å². The number of nitrogens with one attached hydrogen (secondary N) is 1. The molecular weight excluding hydrogens is 202 g/mol. The van der Waals surface area contributed by atoms with E-state index in [9.17, 15) is 0 Å². The van der Waals surface area contributed by atoms with Crippen molar-refractivity contribution in [2.75, 3.05) is 18.1 Å². The van der Waals surface area contributed by atoms with Crippen molar-refractivity contribution in [3.8, 4) is 12.3 Å². The van der Waals surface area contributed by atoms with Crippen LogP contribution in [0.3, 0.4) is 0 Å². The smallest absolute Gasteiger partial charge is 0.0545 e. The van der Waals surface area contributed by atoms with E-state index in [4.69, 9.17) is 6.42 Å². The van der Waals surface area contributed by atoms with Gasteiger partial charge in [-0.3, -0.25) is 0 Å². The van der Waals surface area contributed by atoms with E-state index in [1.54, 1.807) is 0 Å². The summed E-state index contributed by atoms with van der Waals surface area (Å²) >= 11 is 1.83. The average Bonchev–Trinajstić information content (AvgIpc) is 2.26. The standard InChI is InChI=1S/C13H25NS/c1-5-9-15-10-8-14-13(7-3)11-12(4)6-2/h1,12-14H,6-11H2,2-4H3. The molecule has 0 radical (unpaired) electrons. The normalized spacial score (nSPS) is 14.5. The summed E-state index contributed by atoms with van der Waals surface area (Å²) in [7, 11) is 0. The van der Waals surface area contributed by atoms with E-state index in [1.165, 1.54) is 19.3 Å². The second-order valence-electron chi connectivity index (χ2n) is 4.07. The Balaban J connectivity index is 3.49. The van der Waals surface area contributed by atoms with Crippen LogP contribution in [-0.2, 0) is 0 Å². The predicted octanol–water partition coefficient (Wildman–Crippen LogP) is 3.16. The maximum absolute atomic E-state index is 5.19. The van der Waals surface area contributed by atoms with Gasteiger partial charge in [0, 0.05) is 18.3 Å². The summed E-state index contributed by atoms with van der Waals surface area (Å²) in [4.78, 5) is 0. The molecule has 0 aliphatic heterocycles. The van der Waals surface area contributed by atoms with Gasteiger partial charge in [-0.15, -0.1) is 18.2 Å². The van der Waals surface area contributed by atoms with Crippen molar-refractivity contribution in [1.82, 2.24) is 5.32 Å². The van der Waals surface area contributed by atoms with E-state index < -0.39 is 0 Å². The highest BCUT2D eigenvalue weighted by Crippen LogP contribution is 2.11. The van der Waals surface area contributed by atoms with E-state index in [-0.39, 0.29) is 0 Å². The average molecular weight is 227 g/mol. The van der Waals surface area contributed by atoms with Gasteiger partial charge in [-0.25, -0.2) is 0 Å². The Morgan fingerprint density at radius 3 is 2.60 bits per heavy atom. The molecule has 0 heterocycles. The lowest BCUT2D eigenvalue weighted by atomic mass is 9.98. The molecule has 0 saturated carbocycles. The monoisotopic (exact) mass is 227 g/mol. The maximum Gasteiger partial charge on any atom is 0.0545 e. The highest BCUT2D eigenvalue weighted by molar-refractivity contribution is 7.99. The summed E-state index contributed by atoms with van der Waals surface area (Å²) in [5.41, 5.74) is 0. The Bertz CT molecular complexity index is 174. The van der Waals surface area contributed by atoms with Crippen molar-refractivity contribution in [1.29, 1.82) is 0 Å². The van der Waals surface area contributed by atoms with Crippen molar-refractivity contribution in [3.05, 3.63) is 0 Å². The molecular formula is C13H25NS. The van der Waals surface area contributed by atoms with Gasteiger partial charge in [-0.05, 0) is 18.8 Å². The van der Waals surface area contributed by atoms with E-state index in [2.05, 4.69) is 32.0 Å². The van der Waals surface area contributed by atoms with Gasteiger partial charge in [0.2, 0.25) is 0 Å². The molecule has 0 aromatic heterocycles. The molecule has 2 atom stereocenters. The summed E-state index contributed by atoms with van der Waals surface area (Å²) in [6, 6.07) is 0.686. The largest absolute Gasteiger partial charge is 0.313 e. The zero-order chi connectivity index (χ0) is 11.5. The van der Waals surface area contributed by atoms with Crippen LogP contribution in [-0.4, -0.2) is 24.1 Å². The number of hydrogen-bond donors (Lipinski definition) is 1. The molecule has 0 aliphatic carbocycles. The zero-order valence-corrected chi connectivity index (χ0v) is 11.2. The second-order valence-corrected chi connectivity index (χ2v) is 5.17. The Kier molecular flexibility index (Phi) is 10.3. The predicted molar refractivity (Wildman–Crippen MR) is 72.3 cm³/mol. The van der Waals surface area contributed by atoms with E-state index in [0.29, 0.717) is 6.04 Å². The second kappa shape index (κ2) is 10.4. The van der Waals surface area contributed by atoms with Crippen molar-refractivity contribution < 1.29 is 0 Å². The van der Waals surface area contributed by atoms with E-state index >= 15 is 0 Å². The van der Waals surface area contributed by atoms with Crippen LogP contribution in [0.2, 0.25) is 0 Å². The van der Waals surface area contributed by atoms with Gasteiger partial charge in [0.25, 0.3) is 0 Å². The first-order valence-corrected chi connectivity index (χ1v) is 7.14. The molecule has 0 rings (SSSR count). The fourth-order valence-electron chi connectivity index (χ4n) is 1.51. The maximum atomic E-state index is 5.19. The first-order valence-electron chi connectivity index (χ1n) is 5.99. The van der Waals surface area contributed by atoms with E-state index in [1.807, 2.05) is 11.8 Å². The molecule has 15 heavy (non-hydrogen) atoms. The van der Waals surface area contributed by atoms with Gasteiger partial charge in [0.15, 0.2) is 0 Å². The summed E-state index contributed by atoms with van der Waals surface area (Å²) in [5.74, 6) is 5.44. The van der Waals surface area contributed by atoms with Crippen LogP contribution in [0.5, 0.6) is 0 Å². The van der Waals surface area contributed by atoms with Crippen molar-refractivity contribution in [3.63, 3.8) is 0 Å². The van der Waals surface area contributed by atoms with E-state index in [0.717, 1.165) is 24.0 Å². The SMILES string of the molecule is C#CCSCCNC(CC)CC(C)CC. The Labute approximate surface area is 99.8 Å². The van der Waals surface area contributed by atoms with Crippen LogP contribution >= 0.6 is 11.8 Å². The molecule has 2 heteroatoms. The van der Waals surface area contributed by atoms with Crippen LogP contribution in [0.15, 0.2) is 0 Å². The number of hydrogen-bond acceptors (Lipinski definition) is 2. The summed E-state index contributed by atoms with van der Waals surface area (Å²) < 4.78 is 0. The molecule has 0 bridgehead atoms. The molecule has 88 valence electrons. The summed E-state index contributed by atoms with van der Waals surface area (Å²) in [5, 5.41) is 3.60. The molecule has 0 aliphatic rings. The minimum atomic E-state index is 0.686. The number of thioether (sulfide) groups is 1. The van der Waals surface area contributed by atoms with Gasteiger partial charge in [0.1, 0.15) is 0 Å². The Morgan fingerprint density at radius 1 is 1.33 bits per heavy atom. The topological polar surface area (TPSA) is 12.0 Å². The zero-order valence-electron chi connectivity index (χ0n) is 10.4. The van der Waals surface area contributed by atoms with Crippen LogP contribution in [0.1, 0.15) is 40.0 Å². The third-order valence-electron chi connectivity index (χ3n) is 2.74. The number of terminal acetylenes is 1. The molecule has 0 saturated heterocycles. The van der Waals surface area contributed by atoms with Gasteiger partial charge < -0.3 is 5.32 Å². The lowest BCUT2D eigenvalue weighted by Gasteiger charge is -2.20. The van der Waals surface area contributed by atoms with Gasteiger partial charge in [-0.2, -0.15) is 0 Å². The first kappa shape index (κ1) is 14.9. The molecule has 0 spiro atoms. The van der Waals surface area contributed by atoms with Gasteiger partial charge in [-0.1, -0.05) is 33.1 Å². The molecule has 0 aromatic rings. The third-order valence-corrected chi connectivity index (χ3v) is 3.61. The fourth-order valence-corrected chi connectivity index (χ4v) is 2.04. The van der Waals surface area contributed by atoms with Crippen LogP contribution in [0, 0.1) is 18.3 Å². The summed E-state index contributed by atoms with van der Waals surface area (Å²) in [6.45, 7) is 7.94. The minimum absolute atomic E-state index is 0.686. The fraction of sp³-hybridized carbons (Fsp3) is 0.846. The van der Waals surface area contributed by atoms with Crippen molar-refractivity contribution in [2.45, 2.75) is 46.1 Å². The molecule has 2 unspecified atom stereocenters. The molecule has 1 nitrogen and oxygen atoms in total. The molecule has 0 amide bonds. The lowest BCUT2D eigenvalue weighted by Crippen LogP contribution is -2.31. The minimum Gasteiger partial charge on any atom is -0.313 e.